The molecular formula is C16H15N2+. The Bertz CT molecular complexity index is 717. The van der Waals surface area contributed by atoms with Crippen LogP contribution in [0.15, 0.2) is 55.0 Å². The number of hydrogen-bond donors (Lipinski definition) is 0. The minimum atomic E-state index is 1.14. The Morgan fingerprint density at radius 2 is 1.89 bits per heavy atom. The van der Waals surface area contributed by atoms with Crippen LogP contribution in [0.1, 0.15) is 5.56 Å². The maximum atomic E-state index is 4.22. The fourth-order valence-electron chi connectivity index (χ4n) is 2.39. The molecule has 0 bridgehead atoms. The smallest absolute Gasteiger partial charge is 0.231 e. The highest BCUT2D eigenvalue weighted by Crippen LogP contribution is 2.27. The van der Waals surface area contributed by atoms with Gasteiger partial charge in [0.25, 0.3) is 0 Å². The first-order valence-electron chi connectivity index (χ1n) is 6.06. The molecule has 0 spiro atoms. The zero-order valence-corrected chi connectivity index (χ0v) is 10.6. The third kappa shape index (κ3) is 1.66. The summed E-state index contributed by atoms with van der Waals surface area (Å²) < 4.78 is 2.10. The van der Waals surface area contributed by atoms with Crippen molar-refractivity contribution in [2.75, 3.05) is 0 Å². The molecule has 0 amide bonds. The lowest BCUT2D eigenvalue weighted by molar-refractivity contribution is -0.660. The van der Waals surface area contributed by atoms with Crippen LogP contribution in [0.3, 0.4) is 0 Å². The molecule has 18 heavy (non-hydrogen) atoms. The van der Waals surface area contributed by atoms with Gasteiger partial charge in [0.05, 0.1) is 18.0 Å². The van der Waals surface area contributed by atoms with Gasteiger partial charge in [-0.15, -0.1) is 0 Å². The van der Waals surface area contributed by atoms with E-state index >= 15 is 0 Å². The summed E-state index contributed by atoms with van der Waals surface area (Å²) in [5.74, 6) is 0. The zero-order valence-electron chi connectivity index (χ0n) is 10.6. The number of fused-ring (bicyclic) bond motifs is 1. The Labute approximate surface area is 107 Å². The first kappa shape index (κ1) is 10.9. The first-order valence-corrected chi connectivity index (χ1v) is 6.06. The maximum Gasteiger partial charge on any atom is 0.231 e. The van der Waals surface area contributed by atoms with E-state index in [9.17, 15) is 0 Å². The molecule has 3 rings (SSSR count). The van der Waals surface area contributed by atoms with E-state index in [1.54, 1.807) is 6.20 Å². The lowest BCUT2D eigenvalue weighted by Gasteiger charge is -2.07. The topological polar surface area (TPSA) is 16.8 Å². The minimum absolute atomic E-state index is 1.14. The van der Waals surface area contributed by atoms with Crippen LogP contribution in [0, 0.1) is 6.92 Å². The van der Waals surface area contributed by atoms with E-state index in [1.807, 2.05) is 19.4 Å². The summed E-state index contributed by atoms with van der Waals surface area (Å²) in [6.45, 7) is 2.17. The molecule has 2 nitrogen and oxygen atoms in total. The molecule has 0 unspecified atom stereocenters. The first-order chi connectivity index (χ1) is 8.77. The molecule has 0 aliphatic rings. The van der Waals surface area contributed by atoms with E-state index in [1.165, 1.54) is 21.9 Å². The van der Waals surface area contributed by atoms with E-state index < -0.39 is 0 Å². The van der Waals surface area contributed by atoms with Gasteiger partial charge in [0.2, 0.25) is 5.69 Å². The second-order valence-electron chi connectivity index (χ2n) is 4.53. The van der Waals surface area contributed by atoms with Crippen molar-refractivity contribution in [3.8, 4) is 11.3 Å². The van der Waals surface area contributed by atoms with E-state index in [0.717, 1.165) is 5.69 Å². The highest BCUT2D eigenvalue weighted by molar-refractivity contribution is 5.90. The number of nitrogens with zero attached hydrogens (tertiary/aromatic N) is 2. The van der Waals surface area contributed by atoms with Gasteiger partial charge in [-0.05, 0) is 29.3 Å². The third-order valence-corrected chi connectivity index (χ3v) is 3.43. The fourth-order valence-corrected chi connectivity index (χ4v) is 2.39. The van der Waals surface area contributed by atoms with Gasteiger partial charge >= 0.3 is 0 Å². The average molecular weight is 235 g/mol. The Balaban J connectivity index is 2.31. The van der Waals surface area contributed by atoms with Crippen molar-refractivity contribution in [1.29, 1.82) is 0 Å². The van der Waals surface area contributed by atoms with Crippen molar-refractivity contribution in [2.24, 2.45) is 7.05 Å². The molecular weight excluding hydrogens is 220 g/mol. The van der Waals surface area contributed by atoms with Gasteiger partial charge in [-0.1, -0.05) is 30.3 Å². The van der Waals surface area contributed by atoms with Crippen LogP contribution >= 0.6 is 0 Å². The molecule has 0 N–H and O–H groups in total. The fraction of sp³-hybridized carbons (Fsp3) is 0.125. The van der Waals surface area contributed by atoms with Crippen LogP contribution in [-0.2, 0) is 7.05 Å². The molecule has 0 radical (unpaired) electrons. The van der Waals surface area contributed by atoms with Crippen LogP contribution in [-0.4, -0.2) is 4.98 Å². The SMILES string of the molecule is Cc1c(-c2cncc[n+]2C)ccc2ccccc12. The molecule has 0 atom stereocenters. The molecule has 1 heterocycles. The van der Waals surface area contributed by atoms with E-state index in [2.05, 4.69) is 52.9 Å². The van der Waals surface area contributed by atoms with Gasteiger partial charge in [0, 0.05) is 0 Å². The van der Waals surface area contributed by atoms with Gasteiger partial charge in [0.15, 0.2) is 6.20 Å². The molecule has 0 fully saturated rings. The standard InChI is InChI=1S/C16H15N2/c1-12-14-6-4-3-5-13(14)7-8-15(12)16-11-17-9-10-18(16)2/h3-11H,1-2H3/q+1. The predicted octanol–water partition coefficient (Wildman–Crippen LogP) is 3.03. The highest BCUT2D eigenvalue weighted by atomic mass is 14.9. The normalized spacial score (nSPS) is 10.8. The van der Waals surface area contributed by atoms with Gasteiger partial charge < -0.3 is 0 Å². The number of rotatable bonds is 1. The van der Waals surface area contributed by atoms with Crippen molar-refractivity contribution in [3.63, 3.8) is 0 Å². The Morgan fingerprint density at radius 1 is 1.06 bits per heavy atom. The van der Waals surface area contributed by atoms with Crippen LogP contribution in [0.4, 0.5) is 0 Å². The summed E-state index contributed by atoms with van der Waals surface area (Å²) in [4.78, 5) is 4.22. The van der Waals surface area contributed by atoms with Crippen LogP contribution in [0.25, 0.3) is 22.0 Å². The van der Waals surface area contributed by atoms with Gasteiger partial charge in [-0.2, -0.15) is 4.57 Å². The second kappa shape index (κ2) is 4.22. The van der Waals surface area contributed by atoms with E-state index in [-0.39, 0.29) is 0 Å². The van der Waals surface area contributed by atoms with E-state index in [0.29, 0.717) is 0 Å². The average Bonchev–Trinajstić information content (AvgIpc) is 2.41. The summed E-state index contributed by atoms with van der Waals surface area (Å²) in [6, 6.07) is 12.8. The summed E-state index contributed by atoms with van der Waals surface area (Å²) in [7, 11) is 2.05. The molecule has 0 saturated carbocycles. The molecule has 3 aromatic rings. The number of benzene rings is 2. The number of hydrogen-bond acceptors (Lipinski definition) is 1. The lowest BCUT2D eigenvalue weighted by Crippen LogP contribution is -2.30. The maximum absolute atomic E-state index is 4.22. The van der Waals surface area contributed by atoms with Crippen LogP contribution in [0.2, 0.25) is 0 Å². The minimum Gasteiger partial charge on any atom is -0.252 e. The third-order valence-electron chi connectivity index (χ3n) is 3.43. The summed E-state index contributed by atoms with van der Waals surface area (Å²) >= 11 is 0. The van der Waals surface area contributed by atoms with Crippen molar-refractivity contribution < 1.29 is 4.57 Å². The predicted molar refractivity (Wildman–Crippen MR) is 73.1 cm³/mol. The lowest BCUT2D eigenvalue weighted by atomic mass is 9.98. The molecule has 88 valence electrons. The molecule has 1 aromatic heterocycles. The van der Waals surface area contributed by atoms with Crippen molar-refractivity contribution in [3.05, 3.63) is 60.6 Å². The summed E-state index contributed by atoms with van der Waals surface area (Å²) in [6.07, 6.45) is 5.70. The van der Waals surface area contributed by atoms with Gasteiger partial charge in [-0.3, -0.25) is 4.98 Å². The molecule has 2 aromatic carbocycles. The van der Waals surface area contributed by atoms with Gasteiger partial charge in [-0.25, -0.2) is 0 Å². The van der Waals surface area contributed by atoms with Gasteiger partial charge in [0.1, 0.15) is 7.05 Å². The zero-order chi connectivity index (χ0) is 12.5. The summed E-state index contributed by atoms with van der Waals surface area (Å²) in [5, 5.41) is 2.59. The Morgan fingerprint density at radius 3 is 2.72 bits per heavy atom. The van der Waals surface area contributed by atoms with Crippen molar-refractivity contribution >= 4 is 10.8 Å². The Hall–Kier alpha value is -2.22. The van der Waals surface area contributed by atoms with Crippen LogP contribution < -0.4 is 4.57 Å². The summed E-state index contributed by atoms with van der Waals surface area (Å²) in [5.41, 5.74) is 3.68. The number of aromatic nitrogens is 2. The number of aryl methyl sites for hydroxylation is 2. The Kier molecular flexibility index (Phi) is 2.56. The quantitative estimate of drug-likeness (QED) is 0.592. The van der Waals surface area contributed by atoms with Crippen LogP contribution in [0.5, 0.6) is 0 Å². The second-order valence-corrected chi connectivity index (χ2v) is 4.53. The van der Waals surface area contributed by atoms with Crippen molar-refractivity contribution in [2.45, 2.75) is 6.92 Å². The molecule has 0 saturated heterocycles. The molecule has 0 aliphatic heterocycles. The largest absolute Gasteiger partial charge is 0.252 e. The molecule has 0 aliphatic carbocycles. The van der Waals surface area contributed by atoms with Crippen molar-refractivity contribution in [1.82, 2.24) is 4.98 Å². The molecule has 2 heteroatoms. The monoisotopic (exact) mass is 235 g/mol. The highest BCUT2D eigenvalue weighted by Gasteiger charge is 2.13. The van der Waals surface area contributed by atoms with E-state index in [4.69, 9.17) is 0 Å².